The van der Waals surface area contributed by atoms with Gasteiger partial charge in [0.1, 0.15) is 0 Å². The number of Topliss-reactive ketones (excluding diaryl/α,β-unsaturated/α-hetero) is 1. The number of carbonyl (C=O) groups is 1. The second-order valence-corrected chi connectivity index (χ2v) is 5.09. The van der Waals surface area contributed by atoms with Crippen LogP contribution < -0.4 is 0 Å². The molecule has 0 bridgehead atoms. The molecule has 0 atom stereocenters. The number of ketones is 1. The Balaban J connectivity index is 2.91. The van der Waals surface area contributed by atoms with Crippen LogP contribution in [-0.4, -0.2) is 5.78 Å². The lowest BCUT2D eigenvalue weighted by molar-refractivity contribution is -0.112. The highest BCUT2D eigenvalue weighted by atomic mass is 16.1. The first kappa shape index (κ1) is 14.4. The van der Waals surface area contributed by atoms with Crippen molar-refractivity contribution in [3.8, 4) is 0 Å². The summed E-state index contributed by atoms with van der Waals surface area (Å²) in [6.07, 6.45) is 5.61. The number of hydrogen-bond donors (Lipinski definition) is 0. The summed E-state index contributed by atoms with van der Waals surface area (Å²) < 4.78 is 0. The first-order chi connectivity index (χ1) is 8.32. The van der Waals surface area contributed by atoms with E-state index in [0.29, 0.717) is 5.57 Å². The van der Waals surface area contributed by atoms with E-state index in [1.165, 1.54) is 11.1 Å². The molecule has 0 fully saturated rings. The first-order valence-electron chi connectivity index (χ1n) is 6.27. The summed E-state index contributed by atoms with van der Waals surface area (Å²) in [6, 6.07) is 0. The van der Waals surface area contributed by atoms with Crippen LogP contribution in [0.2, 0.25) is 0 Å². The largest absolute Gasteiger partial charge is 0.289 e. The van der Waals surface area contributed by atoms with E-state index in [1.54, 1.807) is 0 Å². The standard InChI is InChI=1S/C17H22O/c1-11(2)13(4)9-15(6)17(18)16-8-7-12(3)14(5)10-16/h9-10H,1,6-8H2,2-5H3/b13-9-. The molecule has 0 radical (unpaired) electrons. The summed E-state index contributed by atoms with van der Waals surface area (Å²) in [7, 11) is 0. The lowest BCUT2D eigenvalue weighted by Gasteiger charge is -2.15. The summed E-state index contributed by atoms with van der Waals surface area (Å²) in [5.41, 5.74) is 5.97. The fourth-order valence-corrected chi connectivity index (χ4v) is 1.81. The van der Waals surface area contributed by atoms with Crippen LogP contribution in [0.3, 0.4) is 0 Å². The van der Waals surface area contributed by atoms with Gasteiger partial charge in [0.2, 0.25) is 0 Å². The minimum atomic E-state index is 0.0578. The summed E-state index contributed by atoms with van der Waals surface area (Å²) in [5, 5.41) is 0. The Hall–Kier alpha value is -1.63. The fourth-order valence-electron chi connectivity index (χ4n) is 1.81. The van der Waals surface area contributed by atoms with Gasteiger partial charge < -0.3 is 0 Å². The highest BCUT2D eigenvalue weighted by molar-refractivity contribution is 6.10. The topological polar surface area (TPSA) is 17.1 Å². The lowest BCUT2D eigenvalue weighted by Crippen LogP contribution is -2.08. The Bertz CT molecular complexity index is 496. The predicted octanol–water partition coefficient (Wildman–Crippen LogP) is 4.69. The van der Waals surface area contributed by atoms with Gasteiger partial charge in [0.05, 0.1) is 0 Å². The molecule has 96 valence electrons. The van der Waals surface area contributed by atoms with Crippen molar-refractivity contribution in [2.75, 3.05) is 0 Å². The first-order valence-corrected chi connectivity index (χ1v) is 6.27. The molecule has 0 saturated heterocycles. The third-order valence-electron chi connectivity index (χ3n) is 3.48. The molecule has 1 nitrogen and oxygen atoms in total. The van der Waals surface area contributed by atoms with E-state index in [2.05, 4.69) is 27.0 Å². The molecule has 1 aliphatic carbocycles. The highest BCUT2D eigenvalue weighted by Crippen LogP contribution is 2.25. The van der Waals surface area contributed by atoms with Crippen molar-refractivity contribution in [2.24, 2.45) is 0 Å². The summed E-state index contributed by atoms with van der Waals surface area (Å²) in [6.45, 7) is 15.8. The molecule has 0 N–H and O–H groups in total. The zero-order valence-corrected chi connectivity index (χ0v) is 11.9. The van der Waals surface area contributed by atoms with Crippen molar-refractivity contribution in [3.63, 3.8) is 0 Å². The third-order valence-corrected chi connectivity index (χ3v) is 3.48. The summed E-state index contributed by atoms with van der Waals surface area (Å²) in [5.74, 6) is 0.0578. The fraction of sp³-hybridized carbons (Fsp3) is 0.353. The average molecular weight is 242 g/mol. The van der Waals surface area contributed by atoms with Crippen LogP contribution in [0.4, 0.5) is 0 Å². The molecule has 0 unspecified atom stereocenters. The maximum absolute atomic E-state index is 12.2. The monoisotopic (exact) mass is 242 g/mol. The van der Waals surface area contributed by atoms with Crippen molar-refractivity contribution in [3.05, 3.63) is 58.7 Å². The maximum atomic E-state index is 12.2. The Morgan fingerprint density at radius 3 is 2.33 bits per heavy atom. The number of allylic oxidation sites excluding steroid dienone is 8. The van der Waals surface area contributed by atoms with Crippen molar-refractivity contribution in [1.29, 1.82) is 0 Å². The van der Waals surface area contributed by atoms with Crippen molar-refractivity contribution < 1.29 is 4.79 Å². The second kappa shape index (κ2) is 5.81. The summed E-state index contributed by atoms with van der Waals surface area (Å²) in [4.78, 5) is 12.2. The van der Waals surface area contributed by atoms with Crippen LogP contribution in [0, 0.1) is 0 Å². The summed E-state index contributed by atoms with van der Waals surface area (Å²) >= 11 is 0. The Morgan fingerprint density at radius 1 is 1.22 bits per heavy atom. The minimum absolute atomic E-state index is 0.0578. The smallest absolute Gasteiger partial charge is 0.188 e. The molecule has 0 spiro atoms. The molecule has 0 heterocycles. The molecule has 0 aromatic rings. The van der Waals surface area contributed by atoms with Gasteiger partial charge in [-0.15, -0.1) is 0 Å². The Kier molecular flexibility index (Phi) is 4.66. The van der Waals surface area contributed by atoms with Crippen LogP contribution in [0.5, 0.6) is 0 Å². The van der Waals surface area contributed by atoms with Gasteiger partial charge in [-0.3, -0.25) is 4.79 Å². The minimum Gasteiger partial charge on any atom is -0.289 e. The second-order valence-electron chi connectivity index (χ2n) is 5.09. The van der Waals surface area contributed by atoms with E-state index >= 15 is 0 Å². The van der Waals surface area contributed by atoms with Gasteiger partial charge in [-0.2, -0.15) is 0 Å². The molecular formula is C17H22O. The normalized spacial score (nSPS) is 16.4. The SMILES string of the molecule is C=C(/C=C(/C)C(=C)C)C(=O)C1=CC(C)=C(C)CC1. The lowest BCUT2D eigenvalue weighted by atomic mass is 9.89. The van der Waals surface area contributed by atoms with Crippen LogP contribution >= 0.6 is 0 Å². The van der Waals surface area contributed by atoms with Gasteiger partial charge in [0.15, 0.2) is 5.78 Å². The molecule has 0 saturated carbocycles. The van der Waals surface area contributed by atoms with Crippen molar-refractivity contribution in [2.45, 2.75) is 40.5 Å². The van der Waals surface area contributed by atoms with E-state index in [-0.39, 0.29) is 5.78 Å². The van der Waals surface area contributed by atoms with Crippen molar-refractivity contribution >= 4 is 5.78 Å². The number of carbonyl (C=O) groups excluding carboxylic acids is 1. The molecule has 1 heteroatoms. The molecule has 0 amide bonds. The van der Waals surface area contributed by atoms with E-state index < -0.39 is 0 Å². The van der Waals surface area contributed by atoms with E-state index in [4.69, 9.17) is 0 Å². The Labute approximate surface area is 110 Å². The van der Waals surface area contributed by atoms with Gasteiger partial charge in [-0.1, -0.05) is 36.0 Å². The van der Waals surface area contributed by atoms with Gasteiger partial charge in [0, 0.05) is 11.1 Å². The predicted molar refractivity (Wildman–Crippen MR) is 78.4 cm³/mol. The highest BCUT2D eigenvalue weighted by Gasteiger charge is 2.16. The molecule has 0 aromatic heterocycles. The van der Waals surface area contributed by atoms with Crippen LogP contribution in [0.1, 0.15) is 40.5 Å². The van der Waals surface area contributed by atoms with E-state index in [0.717, 1.165) is 29.6 Å². The molecule has 18 heavy (non-hydrogen) atoms. The number of rotatable bonds is 4. The third kappa shape index (κ3) is 3.43. The molecule has 1 aliphatic rings. The molecule has 0 aromatic carbocycles. The van der Waals surface area contributed by atoms with Crippen molar-refractivity contribution in [1.82, 2.24) is 0 Å². The van der Waals surface area contributed by atoms with Gasteiger partial charge >= 0.3 is 0 Å². The Morgan fingerprint density at radius 2 is 1.83 bits per heavy atom. The molecule has 0 aliphatic heterocycles. The molecular weight excluding hydrogens is 220 g/mol. The van der Waals surface area contributed by atoms with Gasteiger partial charge in [-0.05, 0) is 52.2 Å². The quantitative estimate of drug-likeness (QED) is 0.516. The van der Waals surface area contributed by atoms with Gasteiger partial charge in [0.25, 0.3) is 0 Å². The molecule has 1 rings (SSSR count). The zero-order chi connectivity index (χ0) is 13.9. The average Bonchev–Trinajstić information content (AvgIpc) is 2.31. The maximum Gasteiger partial charge on any atom is 0.188 e. The van der Waals surface area contributed by atoms with Crippen LogP contribution in [-0.2, 0) is 4.79 Å². The number of hydrogen-bond acceptors (Lipinski definition) is 1. The van der Waals surface area contributed by atoms with E-state index in [9.17, 15) is 4.79 Å². The van der Waals surface area contributed by atoms with Crippen LogP contribution in [0.25, 0.3) is 0 Å². The zero-order valence-electron chi connectivity index (χ0n) is 11.9. The van der Waals surface area contributed by atoms with E-state index in [1.807, 2.05) is 26.0 Å². The van der Waals surface area contributed by atoms with Gasteiger partial charge in [-0.25, -0.2) is 0 Å². The van der Waals surface area contributed by atoms with Crippen LogP contribution in [0.15, 0.2) is 58.7 Å².